The van der Waals surface area contributed by atoms with Gasteiger partial charge in [0.1, 0.15) is 5.82 Å². The molecule has 3 rings (SSSR count). The Balaban J connectivity index is 1.53. The van der Waals surface area contributed by atoms with E-state index in [1.165, 1.54) is 12.1 Å². The molecular formula is C18H23F3N2O2. The van der Waals surface area contributed by atoms with E-state index >= 15 is 0 Å². The minimum absolute atomic E-state index is 0.0274. The van der Waals surface area contributed by atoms with Gasteiger partial charge in [0.15, 0.2) is 0 Å². The number of alkyl halides is 2. The van der Waals surface area contributed by atoms with Crippen molar-refractivity contribution < 1.29 is 23.1 Å². The zero-order valence-corrected chi connectivity index (χ0v) is 14.0. The summed E-state index contributed by atoms with van der Waals surface area (Å²) in [6.45, 7) is 0.460. The summed E-state index contributed by atoms with van der Waals surface area (Å²) in [5.74, 6) is -3.11. The van der Waals surface area contributed by atoms with E-state index in [9.17, 15) is 23.1 Å². The number of rotatable bonds is 4. The first-order chi connectivity index (χ1) is 11.9. The number of halogens is 3. The molecule has 0 aromatic heterocycles. The molecule has 7 heteroatoms. The van der Waals surface area contributed by atoms with Gasteiger partial charge in [-0.2, -0.15) is 0 Å². The van der Waals surface area contributed by atoms with E-state index < -0.39 is 12.0 Å². The fourth-order valence-corrected chi connectivity index (χ4v) is 3.85. The fourth-order valence-electron chi connectivity index (χ4n) is 3.85. The van der Waals surface area contributed by atoms with Crippen LogP contribution >= 0.6 is 0 Å². The van der Waals surface area contributed by atoms with Crippen molar-refractivity contribution in [2.45, 2.75) is 43.7 Å². The van der Waals surface area contributed by atoms with Gasteiger partial charge in [-0.3, -0.25) is 9.69 Å². The third-order valence-electron chi connectivity index (χ3n) is 5.18. The summed E-state index contributed by atoms with van der Waals surface area (Å²) >= 11 is 0. The zero-order chi connectivity index (χ0) is 18.0. The van der Waals surface area contributed by atoms with Gasteiger partial charge in [-0.25, -0.2) is 13.2 Å². The third kappa shape index (κ3) is 4.33. The standard InChI is InChI=1S/C18H23F3N2O2/c19-14-3-1-13(2-4-14)9-17(25)22-7-5-15(6-8-22)23-12-18(20,21)10-16(23)11-24/h1-4,15-16,24H,5-12H2/t16-/m0/s1. The van der Waals surface area contributed by atoms with E-state index in [2.05, 4.69) is 0 Å². The van der Waals surface area contributed by atoms with Crippen molar-refractivity contribution in [1.82, 2.24) is 9.80 Å². The van der Waals surface area contributed by atoms with E-state index in [0.29, 0.717) is 25.9 Å². The Kier molecular flexibility index (Phi) is 5.34. The van der Waals surface area contributed by atoms with Crippen LogP contribution in [0.15, 0.2) is 24.3 Å². The first kappa shape index (κ1) is 18.2. The molecule has 0 saturated carbocycles. The van der Waals surface area contributed by atoms with Gasteiger partial charge in [0, 0.05) is 31.6 Å². The highest BCUT2D eigenvalue weighted by Gasteiger charge is 2.47. The highest BCUT2D eigenvalue weighted by atomic mass is 19.3. The van der Waals surface area contributed by atoms with Crippen LogP contribution in [0.25, 0.3) is 0 Å². The summed E-state index contributed by atoms with van der Waals surface area (Å²) in [7, 11) is 0. The number of carbonyl (C=O) groups excluding carboxylic acids is 1. The van der Waals surface area contributed by atoms with Crippen molar-refractivity contribution >= 4 is 5.91 Å². The van der Waals surface area contributed by atoms with Crippen LogP contribution in [0, 0.1) is 5.82 Å². The average molecular weight is 356 g/mol. The van der Waals surface area contributed by atoms with Crippen LogP contribution in [0.1, 0.15) is 24.8 Å². The molecule has 2 aliphatic rings. The van der Waals surface area contributed by atoms with Crippen LogP contribution in [0.3, 0.4) is 0 Å². The molecule has 2 fully saturated rings. The number of aliphatic hydroxyl groups is 1. The Bertz CT molecular complexity index is 601. The van der Waals surface area contributed by atoms with Gasteiger partial charge in [-0.05, 0) is 30.5 Å². The van der Waals surface area contributed by atoms with Gasteiger partial charge < -0.3 is 10.0 Å². The molecule has 4 nitrogen and oxygen atoms in total. The van der Waals surface area contributed by atoms with Crippen LogP contribution in [-0.4, -0.2) is 65.1 Å². The summed E-state index contributed by atoms with van der Waals surface area (Å²) in [5, 5.41) is 9.36. The minimum atomic E-state index is -2.75. The summed E-state index contributed by atoms with van der Waals surface area (Å²) in [5.41, 5.74) is 0.757. The molecule has 2 heterocycles. The molecule has 1 N–H and O–H groups in total. The lowest BCUT2D eigenvalue weighted by Crippen LogP contribution is -2.49. The van der Waals surface area contributed by atoms with E-state index in [4.69, 9.17) is 0 Å². The molecule has 0 radical (unpaired) electrons. The molecule has 0 aliphatic carbocycles. The number of nitrogens with zero attached hydrogens (tertiary/aromatic N) is 2. The lowest BCUT2D eigenvalue weighted by molar-refractivity contribution is -0.132. The number of piperidine rings is 1. The molecule has 25 heavy (non-hydrogen) atoms. The minimum Gasteiger partial charge on any atom is -0.395 e. The van der Waals surface area contributed by atoms with E-state index in [-0.39, 0.29) is 43.8 Å². The average Bonchev–Trinajstić information content (AvgIpc) is 2.92. The Morgan fingerprint density at radius 2 is 1.84 bits per heavy atom. The second kappa shape index (κ2) is 7.33. The van der Waals surface area contributed by atoms with Gasteiger partial charge in [0.05, 0.1) is 19.6 Å². The molecule has 2 saturated heterocycles. The van der Waals surface area contributed by atoms with Crippen molar-refractivity contribution in [2.24, 2.45) is 0 Å². The molecule has 138 valence electrons. The first-order valence-electron chi connectivity index (χ1n) is 8.64. The quantitative estimate of drug-likeness (QED) is 0.898. The molecule has 1 atom stereocenters. The Hall–Kier alpha value is -1.60. The Morgan fingerprint density at radius 1 is 1.20 bits per heavy atom. The Morgan fingerprint density at radius 3 is 2.44 bits per heavy atom. The van der Waals surface area contributed by atoms with Gasteiger partial charge in [-0.1, -0.05) is 12.1 Å². The van der Waals surface area contributed by atoms with Crippen LogP contribution in [-0.2, 0) is 11.2 Å². The maximum absolute atomic E-state index is 13.6. The van der Waals surface area contributed by atoms with Gasteiger partial charge in [-0.15, -0.1) is 0 Å². The smallest absolute Gasteiger partial charge is 0.262 e. The zero-order valence-electron chi connectivity index (χ0n) is 14.0. The van der Waals surface area contributed by atoms with Crippen molar-refractivity contribution in [3.05, 3.63) is 35.6 Å². The number of amides is 1. The number of likely N-dealkylation sites (tertiary alicyclic amines) is 2. The van der Waals surface area contributed by atoms with E-state index in [0.717, 1.165) is 5.56 Å². The molecule has 1 aromatic rings. The number of hydrogen-bond acceptors (Lipinski definition) is 3. The normalized spacial score (nSPS) is 24.6. The predicted octanol–water partition coefficient (Wildman–Crippen LogP) is 2.06. The lowest BCUT2D eigenvalue weighted by atomic mass is 10.0. The maximum Gasteiger partial charge on any atom is 0.262 e. The van der Waals surface area contributed by atoms with Crippen molar-refractivity contribution in [1.29, 1.82) is 0 Å². The highest BCUT2D eigenvalue weighted by molar-refractivity contribution is 5.78. The summed E-state index contributed by atoms with van der Waals surface area (Å²) < 4.78 is 40.2. The molecular weight excluding hydrogens is 333 g/mol. The van der Waals surface area contributed by atoms with Crippen molar-refractivity contribution in [3.8, 4) is 0 Å². The molecule has 2 aliphatic heterocycles. The number of aliphatic hydroxyl groups excluding tert-OH is 1. The van der Waals surface area contributed by atoms with E-state index in [1.807, 2.05) is 0 Å². The second-order valence-corrected chi connectivity index (χ2v) is 6.98. The lowest BCUT2D eigenvalue weighted by Gasteiger charge is -2.38. The van der Waals surface area contributed by atoms with Gasteiger partial charge in [0.25, 0.3) is 5.92 Å². The topological polar surface area (TPSA) is 43.8 Å². The summed E-state index contributed by atoms with van der Waals surface area (Å²) in [6, 6.07) is 5.33. The molecule has 1 amide bonds. The number of carbonyl (C=O) groups is 1. The van der Waals surface area contributed by atoms with Gasteiger partial charge in [0.2, 0.25) is 5.91 Å². The first-order valence-corrected chi connectivity index (χ1v) is 8.64. The number of benzene rings is 1. The van der Waals surface area contributed by atoms with E-state index in [1.54, 1.807) is 21.9 Å². The predicted molar refractivity (Wildman–Crippen MR) is 86.8 cm³/mol. The fraction of sp³-hybridized carbons (Fsp3) is 0.611. The maximum atomic E-state index is 13.6. The Labute approximate surface area is 145 Å². The van der Waals surface area contributed by atoms with Crippen LogP contribution < -0.4 is 0 Å². The van der Waals surface area contributed by atoms with Crippen molar-refractivity contribution in [3.63, 3.8) is 0 Å². The molecule has 0 bridgehead atoms. The van der Waals surface area contributed by atoms with Gasteiger partial charge >= 0.3 is 0 Å². The summed E-state index contributed by atoms with van der Waals surface area (Å²) in [4.78, 5) is 15.8. The highest BCUT2D eigenvalue weighted by Crippen LogP contribution is 2.35. The largest absolute Gasteiger partial charge is 0.395 e. The molecule has 1 aromatic carbocycles. The van der Waals surface area contributed by atoms with Crippen LogP contribution in [0.2, 0.25) is 0 Å². The SMILES string of the molecule is O=C(Cc1ccc(F)cc1)N1CCC(N2CC(F)(F)C[C@H]2CO)CC1. The molecule has 0 unspecified atom stereocenters. The third-order valence-corrected chi connectivity index (χ3v) is 5.18. The van der Waals surface area contributed by atoms with Crippen molar-refractivity contribution in [2.75, 3.05) is 26.2 Å². The van der Waals surface area contributed by atoms with Crippen LogP contribution in [0.5, 0.6) is 0 Å². The number of hydrogen-bond donors (Lipinski definition) is 1. The molecule has 0 spiro atoms. The monoisotopic (exact) mass is 356 g/mol. The van der Waals surface area contributed by atoms with Crippen LogP contribution in [0.4, 0.5) is 13.2 Å². The summed E-state index contributed by atoms with van der Waals surface area (Å²) in [6.07, 6.45) is 1.17. The second-order valence-electron chi connectivity index (χ2n) is 6.98.